The largest absolute Gasteiger partial charge is 0.0642 e. The van der Waals surface area contributed by atoms with Gasteiger partial charge in [-0.3, -0.25) is 0 Å². The molecule has 0 fully saturated rings. The molecule has 1 aliphatic carbocycles. The summed E-state index contributed by atoms with van der Waals surface area (Å²) in [7, 11) is 0. The van der Waals surface area contributed by atoms with Crippen LogP contribution >= 0.6 is 0 Å². The van der Waals surface area contributed by atoms with Gasteiger partial charge < -0.3 is 0 Å². The Balaban J connectivity index is 2.22. The van der Waals surface area contributed by atoms with Gasteiger partial charge in [0.1, 0.15) is 0 Å². The normalized spacial score (nSPS) is 14.9. The Kier molecular flexibility index (Phi) is 2.91. The van der Waals surface area contributed by atoms with Crippen LogP contribution in [0.4, 0.5) is 0 Å². The van der Waals surface area contributed by atoms with Crippen LogP contribution in [0, 0.1) is 6.92 Å². The highest BCUT2D eigenvalue weighted by Gasteiger charge is 2.41. The van der Waals surface area contributed by atoms with Crippen molar-refractivity contribution in [3.8, 4) is 11.1 Å². The summed E-state index contributed by atoms with van der Waals surface area (Å²) in [4.78, 5) is 0. The van der Waals surface area contributed by atoms with Crippen LogP contribution < -0.4 is 0 Å². The maximum absolute atomic E-state index is 2.45. The van der Waals surface area contributed by atoms with Crippen molar-refractivity contribution in [1.82, 2.24) is 0 Å². The van der Waals surface area contributed by atoms with Crippen molar-refractivity contribution in [2.75, 3.05) is 0 Å². The lowest BCUT2D eigenvalue weighted by Crippen LogP contribution is -2.23. The number of aryl methyl sites for hydroxylation is 1. The highest BCUT2D eigenvalue weighted by atomic mass is 14.4. The monoisotopic (exact) mass is 286 g/mol. The second-order valence-electron chi connectivity index (χ2n) is 6.50. The maximum atomic E-state index is 2.45. The van der Waals surface area contributed by atoms with Crippen molar-refractivity contribution in [2.45, 2.75) is 39.0 Å². The molecule has 0 heterocycles. The van der Waals surface area contributed by atoms with E-state index in [4.69, 9.17) is 0 Å². The van der Waals surface area contributed by atoms with Crippen molar-refractivity contribution < 1.29 is 0 Å². The minimum absolute atomic E-state index is 0.181. The molecule has 0 amide bonds. The molecular weight excluding hydrogens is 264 g/mol. The number of rotatable bonds is 2. The number of hydrogen-bond donors (Lipinski definition) is 0. The minimum Gasteiger partial charge on any atom is -0.0642 e. The van der Waals surface area contributed by atoms with Gasteiger partial charge in [0.05, 0.1) is 0 Å². The quantitative estimate of drug-likeness (QED) is 0.523. The fourth-order valence-electron chi connectivity index (χ4n) is 4.50. The molecule has 0 bridgehead atoms. The van der Waals surface area contributed by atoms with Crippen molar-refractivity contribution in [1.29, 1.82) is 0 Å². The zero-order chi connectivity index (χ0) is 15.3. The van der Waals surface area contributed by atoms with Gasteiger partial charge in [0, 0.05) is 5.41 Å². The maximum Gasteiger partial charge on any atom is 0.0210 e. The van der Waals surface area contributed by atoms with Gasteiger partial charge >= 0.3 is 0 Å². The lowest BCUT2D eigenvalue weighted by atomic mass is 9.73. The molecule has 3 aromatic carbocycles. The van der Waals surface area contributed by atoms with E-state index in [2.05, 4.69) is 75.4 Å². The Morgan fingerprint density at radius 3 is 2.14 bits per heavy atom. The third kappa shape index (κ3) is 1.53. The van der Waals surface area contributed by atoms with Crippen LogP contribution in [0.5, 0.6) is 0 Å². The second kappa shape index (κ2) is 4.71. The van der Waals surface area contributed by atoms with E-state index in [0.717, 1.165) is 12.8 Å². The van der Waals surface area contributed by atoms with Crippen LogP contribution in [0.2, 0.25) is 0 Å². The van der Waals surface area contributed by atoms with Crippen LogP contribution in [-0.2, 0) is 5.41 Å². The van der Waals surface area contributed by atoms with Gasteiger partial charge in [0.25, 0.3) is 0 Å². The molecule has 22 heavy (non-hydrogen) atoms. The van der Waals surface area contributed by atoms with Crippen LogP contribution in [0.1, 0.15) is 43.4 Å². The predicted octanol–water partition coefficient (Wildman–Crippen LogP) is 6.23. The van der Waals surface area contributed by atoms with Crippen molar-refractivity contribution >= 4 is 10.8 Å². The molecule has 4 rings (SSSR count). The van der Waals surface area contributed by atoms with Crippen molar-refractivity contribution in [3.63, 3.8) is 0 Å². The zero-order valence-corrected chi connectivity index (χ0v) is 13.6. The first-order valence-corrected chi connectivity index (χ1v) is 8.35. The Bertz CT molecular complexity index is 866. The Morgan fingerprint density at radius 1 is 0.773 bits per heavy atom. The van der Waals surface area contributed by atoms with Crippen LogP contribution in [0.25, 0.3) is 21.9 Å². The van der Waals surface area contributed by atoms with Crippen LogP contribution in [-0.4, -0.2) is 0 Å². The van der Waals surface area contributed by atoms with E-state index in [-0.39, 0.29) is 5.41 Å². The number of benzene rings is 3. The predicted molar refractivity (Wildman–Crippen MR) is 95.5 cm³/mol. The second-order valence-corrected chi connectivity index (χ2v) is 6.50. The van der Waals surface area contributed by atoms with Crippen molar-refractivity contribution in [2.24, 2.45) is 0 Å². The van der Waals surface area contributed by atoms with E-state index >= 15 is 0 Å². The summed E-state index contributed by atoms with van der Waals surface area (Å²) in [5, 5.41) is 2.80. The van der Waals surface area contributed by atoms with Gasteiger partial charge in [-0.05, 0) is 58.4 Å². The smallest absolute Gasteiger partial charge is 0.0210 e. The molecule has 0 atom stereocenters. The average molecular weight is 286 g/mol. The number of hydrogen-bond acceptors (Lipinski definition) is 0. The van der Waals surface area contributed by atoms with E-state index in [1.165, 1.54) is 38.6 Å². The summed E-state index contributed by atoms with van der Waals surface area (Å²) in [6.07, 6.45) is 2.32. The third-order valence-electron chi connectivity index (χ3n) is 5.69. The van der Waals surface area contributed by atoms with Gasteiger partial charge in [-0.25, -0.2) is 0 Å². The number of fused-ring (bicyclic) bond motifs is 5. The van der Waals surface area contributed by atoms with Gasteiger partial charge in [-0.15, -0.1) is 0 Å². The molecule has 1 aliphatic rings. The van der Waals surface area contributed by atoms with E-state index in [0.29, 0.717) is 0 Å². The lowest BCUT2D eigenvalue weighted by molar-refractivity contribution is 0.490. The Labute approximate surface area is 132 Å². The zero-order valence-electron chi connectivity index (χ0n) is 13.6. The summed E-state index contributed by atoms with van der Waals surface area (Å²) in [6.45, 7) is 6.92. The molecule has 0 spiro atoms. The highest BCUT2D eigenvalue weighted by Crippen LogP contribution is 2.54. The fourth-order valence-corrected chi connectivity index (χ4v) is 4.50. The molecular formula is C22H22. The van der Waals surface area contributed by atoms with Gasteiger partial charge in [0.2, 0.25) is 0 Å². The first-order valence-electron chi connectivity index (χ1n) is 8.35. The first kappa shape index (κ1) is 13.6. The SMILES string of the molecule is CCC1(CC)c2ccccc2-c2c1cc(C)c1ccccc21. The minimum atomic E-state index is 0.181. The molecule has 0 radical (unpaired) electrons. The molecule has 110 valence electrons. The summed E-state index contributed by atoms with van der Waals surface area (Å²) < 4.78 is 0. The topological polar surface area (TPSA) is 0 Å². The van der Waals surface area contributed by atoms with E-state index in [9.17, 15) is 0 Å². The van der Waals surface area contributed by atoms with E-state index < -0.39 is 0 Å². The van der Waals surface area contributed by atoms with Crippen LogP contribution in [0.15, 0.2) is 54.6 Å². The van der Waals surface area contributed by atoms with E-state index in [1.807, 2.05) is 0 Å². The van der Waals surface area contributed by atoms with Crippen molar-refractivity contribution in [3.05, 3.63) is 71.3 Å². The molecule has 0 unspecified atom stereocenters. The third-order valence-corrected chi connectivity index (χ3v) is 5.69. The summed E-state index contributed by atoms with van der Waals surface area (Å²) >= 11 is 0. The first-order chi connectivity index (χ1) is 10.7. The van der Waals surface area contributed by atoms with Gasteiger partial charge in [-0.1, -0.05) is 68.4 Å². The Hall–Kier alpha value is -2.08. The van der Waals surface area contributed by atoms with Crippen LogP contribution in [0.3, 0.4) is 0 Å². The highest BCUT2D eigenvalue weighted by molar-refractivity contribution is 6.03. The standard InChI is InChI=1S/C22H22/c1-4-22(5-2)19-13-9-8-12-18(19)21-17-11-7-6-10-16(17)15(3)14-20(21)22/h6-14H,4-5H2,1-3H3. The summed E-state index contributed by atoms with van der Waals surface area (Å²) in [5.41, 5.74) is 7.55. The fraction of sp³-hybridized carbons (Fsp3) is 0.273. The molecule has 0 aromatic heterocycles. The lowest BCUT2D eigenvalue weighted by Gasteiger charge is -2.30. The molecule has 0 N–H and O–H groups in total. The molecule has 0 heteroatoms. The molecule has 0 aliphatic heterocycles. The summed E-state index contributed by atoms with van der Waals surface area (Å²) in [6, 6.07) is 20.3. The Morgan fingerprint density at radius 2 is 1.41 bits per heavy atom. The molecule has 0 saturated carbocycles. The molecule has 3 aromatic rings. The summed E-state index contributed by atoms with van der Waals surface area (Å²) in [5.74, 6) is 0. The average Bonchev–Trinajstić information content (AvgIpc) is 2.85. The molecule has 0 nitrogen and oxygen atoms in total. The molecule has 0 saturated heterocycles. The van der Waals surface area contributed by atoms with Gasteiger partial charge in [-0.2, -0.15) is 0 Å². The van der Waals surface area contributed by atoms with E-state index in [1.54, 1.807) is 0 Å². The van der Waals surface area contributed by atoms with Gasteiger partial charge in [0.15, 0.2) is 0 Å².